The molecule has 0 radical (unpaired) electrons. The van der Waals surface area contributed by atoms with Gasteiger partial charge in [-0.25, -0.2) is 4.79 Å². The highest BCUT2D eigenvalue weighted by Crippen LogP contribution is 2.40. The van der Waals surface area contributed by atoms with Crippen molar-refractivity contribution in [3.63, 3.8) is 0 Å². The van der Waals surface area contributed by atoms with Crippen molar-refractivity contribution in [3.8, 4) is 0 Å². The molecular weight excluding hydrogens is 448 g/mol. The van der Waals surface area contributed by atoms with Crippen molar-refractivity contribution in [2.75, 3.05) is 29.9 Å². The van der Waals surface area contributed by atoms with Crippen molar-refractivity contribution in [2.45, 2.75) is 90.9 Å². The lowest BCUT2D eigenvalue weighted by Crippen LogP contribution is -2.38. The first-order chi connectivity index (χ1) is 17.4. The predicted octanol–water partition coefficient (Wildman–Crippen LogP) is 7.74. The minimum atomic E-state index is -0.357. The molecule has 3 rings (SSSR count). The van der Waals surface area contributed by atoms with Crippen LogP contribution in [0.25, 0.3) is 0 Å². The number of carbonyl (C=O) groups is 2. The van der Waals surface area contributed by atoms with Crippen LogP contribution in [0.3, 0.4) is 0 Å². The largest absolute Gasteiger partial charge is 0.462 e. The molecule has 1 aliphatic heterocycles. The van der Waals surface area contributed by atoms with Crippen molar-refractivity contribution in [1.82, 2.24) is 0 Å². The standard InChI is InChI=1S/C31H44N2O3/c1-5-7-8-9-10-11-12-13-21-33-22-20-31(3,4)27-19-16-25(23-28(27)33)29(34)32-26-17-14-24(15-18-26)30(35)36-6-2/h14-19,23H,5-13,20-22H2,1-4H3,(H,32,34). The number of rotatable bonds is 13. The Bertz CT molecular complexity index is 997. The number of anilines is 2. The summed E-state index contributed by atoms with van der Waals surface area (Å²) < 4.78 is 5.03. The zero-order valence-electron chi connectivity index (χ0n) is 22.7. The summed E-state index contributed by atoms with van der Waals surface area (Å²) in [5, 5.41) is 2.97. The summed E-state index contributed by atoms with van der Waals surface area (Å²) in [4.78, 5) is 27.4. The van der Waals surface area contributed by atoms with E-state index < -0.39 is 0 Å². The molecule has 0 aromatic heterocycles. The Balaban J connectivity index is 1.63. The number of carbonyl (C=O) groups excluding carboxylic acids is 2. The van der Waals surface area contributed by atoms with Crippen molar-refractivity contribution >= 4 is 23.3 Å². The summed E-state index contributed by atoms with van der Waals surface area (Å²) in [6, 6.07) is 12.9. The maximum absolute atomic E-state index is 13.1. The van der Waals surface area contributed by atoms with E-state index in [4.69, 9.17) is 4.74 Å². The second kappa shape index (κ2) is 13.5. The Labute approximate surface area is 217 Å². The molecule has 2 aromatic carbocycles. The first-order valence-corrected chi connectivity index (χ1v) is 13.8. The van der Waals surface area contributed by atoms with Gasteiger partial charge in [0.1, 0.15) is 0 Å². The molecule has 0 fully saturated rings. The van der Waals surface area contributed by atoms with E-state index in [1.807, 2.05) is 6.07 Å². The molecule has 5 nitrogen and oxygen atoms in total. The van der Waals surface area contributed by atoms with Crippen LogP contribution in [0.2, 0.25) is 0 Å². The molecule has 1 heterocycles. The molecule has 1 amide bonds. The average molecular weight is 493 g/mol. The van der Waals surface area contributed by atoms with Crippen LogP contribution in [0, 0.1) is 0 Å². The number of unbranched alkanes of at least 4 members (excludes halogenated alkanes) is 7. The van der Waals surface area contributed by atoms with Crippen LogP contribution in [0.15, 0.2) is 42.5 Å². The second-order valence-corrected chi connectivity index (χ2v) is 10.6. The Morgan fingerprint density at radius 3 is 2.19 bits per heavy atom. The number of amides is 1. The molecular formula is C31H44N2O3. The Morgan fingerprint density at radius 2 is 1.53 bits per heavy atom. The van der Waals surface area contributed by atoms with E-state index in [2.05, 4.69) is 43.1 Å². The molecule has 0 aliphatic carbocycles. The molecule has 0 atom stereocenters. The first-order valence-electron chi connectivity index (χ1n) is 13.8. The van der Waals surface area contributed by atoms with E-state index in [9.17, 15) is 9.59 Å². The van der Waals surface area contributed by atoms with Gasteiger partial charge < -0.3 is 15.0 Å². The lowest BCUT2D eigenvalue weighted by molar-refractivity contribution is 0.0526. The third kappa shape index (κ3) is 7.59. The number of ether oxygens (including phenoxy) is 1. The van der Waals surface area contributed by atoms with Crippen molar-refractivity contribution < 1.29 is 14.3 Å². The molecule has 0 unspecified atom stereocenters. The van der Waals surface area contributed by atoms with Crippen LogP contribution in [-0.2, 0) is 10.2 Å². The van der Waals surface area contributed by atoms with Gasteiger partial charge in [-0.3, -0.25) is 4.79 Å². The van der Waals surface area contributed by atoms with Crippen LogP contribution >= 0.6 is 0 Å². The van der Waals surface area contributed by atoms with Gasteiger partial charge in [-0.15, -0.1) is 0 Å². The third-order valence-corrected chi connectivity index (χ3v) is 7.27. The highest BCUT2D eigenvalue weighted by molar-refractivity contribution is 6.05. The predicted molar refractivity (Wildman–Crippen MR) is 149 cm³/mol. The molecule has 196 valence electrons. The van der Waals surface area contributed by atoms with Gasteiger partial charge in [-0.2, -0.15) is 0 Å². The topological polar surface area (TPSA) is 58.6 Å². The summed E-state index contributed by atoms with van der Waals surface area (Å²) in [6.45, 7) is 11.0. The fourth-order valence-electron chi connectivity index (χ4n) is 4.95. The molecule has 1 N–H and O–H groups in total. The number of benzene rings is 2. The van der Waals surface area contributed by atoms with Crippen LogP contribution in [0.5, 0.6) is 0 Å². The monoisotopic (exact) mass is 492 g/mol. The maximum atomic E-state index is 13.1. The van der Waals surface area contributed by atoms with Gasteiger partial charge in [0.2, 0.25) is 0 Å². The number of hydrogen-bond acceptors (Lipinski definition) is 4. The molecule has 0 spiro atoms. The van der Waals surface area contributed by atoms with Gasteiger partial charge in [0.05, 0.1) is 12.2 Å². The van der Waals surface area contributed by atoms with Crippen LogP contribution in [0.4, 0.5) is 11.4 Å². The Kier molecular flexibility index (Phi) is 10.4. The lowest BCUT2D eigenvalue weighted by atomic mass is 9.77. The lowest BCUT2D eigenvalue weighted by Gasteiger charge is -2.40. The number of fused-ring (bicyclic) bond motifs is 1. The van der Waals surface area contributed by atoms with Gasteiger partial charge in [0, 0.05) is 30.0 Å². The number of esters is 1. The highest BCUT2D eigenvalue weighted by Gasteiger charge is 2.31. The number of hydrogen-bond donors (Lipinski definition) is 1. The SMILES string of the molecule is CCCCCCCCCCN1CCC(C)(C)c2ccc(C(=O)Nc3ccc(C(=O)OCC)cc3)cc21. The van der Waals surface area contributed by atoms with E-state index in [0.29, 0.717) is 23.4 Å². The zero-order chi connectivity index (χ0) is 26.0. The maximum Gasteiger partial charge on any atom is 0.338 e. The smallest absolute Gasteiger partial charge is 0.338 e. The summed E-state index contributed by atoms with van der Waals surface area (Å²) >= 11 is 0. The van der Waals surface area contributed by atoms with Crippen LogP contribution < -0.4 is 10.2 Å². The average Bonchev–Trinajstić information content (AvgIpc) is 2.87. The summed E-state index contributed by atoms with van der Waals surface area (Å²) in [5.41, 5.74) is 4.40. The molecule has 0 bridgehead atoms. The minimum absolute atomic E-state index is 0.100. The molecule has 5 heteroatoms. The number of nitrogens with zero attached hydrogens (tertiary/aromatic N) is 1. The molecule has 0 saturated heterocycles. The summed E-state index contributed by atoms with van der Waals surface area (Å²) in [5.74, 6) is -0.499. The summed E-state index contributed by atoms with van der Waals surface area (Å²) in [7, 11) is 0. The first kappa shape index (κ1) is 27.8. The third-order valence-electron chi connectivity index (χ3n) is 7.27. The Hall–Kier alpha value is -2.82. The molecule has 0 saturated carbocycles. The van der Waals surface area contributed by atoms with E-state index >= 15 is 0 Å². The van der Waals surface area contributed by atoms with E-state index in [0.717, 1.165) is 19.5 Å². The fourth-order valence-corrected chi connectivity index (χ4v) is 4.95. The zero-order valence-corrected chi connectivity index (χ0v) is 22.7. The van der Waals surface area contributed by atoms with Crippen molar-refractivity contribution in [1.29, 1.82) is 0 Å². The van der Waals surface area contributed by atoms with Crippen molar-refractivity contribution in [2.24, 2.45) is 0 Å². The van der Waals surface area contributed by atoms with E-state index in [1.165, 1.54) is 62.6 Å². The second-order valence-electron chi connectivity index (χ2n) is 10.6. The molecule has 36 heavy (non-hydrogen) atoms. The van der Waals surface area contributed by atoms with Crippen LogP contribution in [-0.4, -0.2) is 31.6 Å². The minimum Gasteiger partial charge on any atom is -0.462 e. The van der Waals surface area contributed by atoms with E-state index in [-0.39, 0.29) is 17.3 Å². The fraction of sp³-hybridized carbons (Fsp3) is 0.548. The van der Waals surface area contributed by atoms with Crippen LogP contribution in [0.1, 0.15) is 112 Å². The van der Waals surface area contributed by atoms with Gasteiger partial charge in [0.25, 0.3) is 5.91 Å². The van der Waals surface area contributed by atoms with Gasteiger partial charge in [0.15, 0.2) is 0 Å². The highest BCUT2D eigenvalue weighted by atomic mass is 16.5. The van der Waals surface area contributed by atoms with Gasteiger partial charge in [-0.1, -0.05) is 71.8 Å². The number of nitrogens with one attached hydrogen (secondary N) is 1. The van der Waals surface area contributed by atoms with Gasteiger partial charge >= 0.3 is 5.97 Å². The van der Waals surface area contributed by atoms with Crippen molar-refractivity contribution in [3.05, 3.63) is 59.2 Å². The Morgan fingerprint density at radius 1 is 0.889 bits per heavy atom. The van der Waals surface area contributed by atoms with Gasteiger partial charge in [-0.05, 0) is 67.1 Å². The normalized spacial score (nSPS) is 14.3. The summed E-state index contributed by atoms with van der Waals surface area (Å²) in [6.07, 6.45) is 11.6. The molecule has 2 aromatic rings. The molecule has 1 aliphatic rings. The van der Waals surface area contributed by atoms with E-state index in [1.54, 1.807) is 31.2 Å². The quantitative estimate of drug-likeness (QED) is 0.229.